The quantitative estimate of drug-likeness (QED) is 0.617. The summed E-state index contributed by atoms with van der Waals surface area (Å²) < 4.78 is 0. The Hall–Kier alpha value is -1.81. The van der Waals surface area contributed by atoms with E-state index in [1.807, 2.05) is 12.1 Å². The van der Waals surface area contributed by atoms with Crippen molar-refractivity contribution >= 4 is 17.9 Å². The van der Waals surface area contributed by atoms with Crippen molar-refractivity contribution in [2.45, 2.75) is 13.3 Å². The molecule has 0 radical (unpaired) electrons. The van der Waals surface area contributed by atoms with E-state index in [1.54, 1.807) is 19.3 Å². The molecule has 86 valence electrons. The second-order valence-corrected chi connectivity index (χ2v) is 3.94. The Morgan fingerprint density at radius 2 is 2.24 bits per heavy atom. The lowest BCUT2D eigenvalue weighted by atomic mass is 10.1. The molecular weight excluding hydrogens is 238 g/mol. The van der Waals surface area contributed by atoms with Gasteiger partial charge in [-0.2, -0.15) is 0 Å². The Balaban J connectivity index is 2.41. The van der Waals surface area contributed by atoms with Gasteiger partial charge in [-0.3, -0.25) is 9.78 Å². The molecule has 0 saturated heterocycles. The molecule has 0 aliphatic carbocycles. The summed E-state index contributed by atoms with van der Waals surface area (Å²) in [6.45, 7) is 1.74. The first-order valence-electron chi connectivity index (χ1n) is 5.08. The molecule has 0 N–H and O–H groups in total. The van der Waals surface area contributed by atoms with E-state index in [0.29, 0.717) is 29.8 Å². The number of halogens is 1. The fraction of sp³-hybridized carbons (Fsp3) is 0.167. The van der Waals surface area contributed by atoms with Gasteiger partial charge in [-0.05, 0) is 18.6 Å². The number of carbonyl (C=O) groups is 1. The predicted octanol–water partition coefficient (Wildman–Crippen LogP) is 2.24. The van der Waals surface area contributed by atoms with Gasteiger partial charge >= 0.3 is 0 Å². The average molecular weight is 248 g/mol. The van der Waals surface area contributed by atoms with E-state index in [2.05, 4.69) is 15.0 Å². The Kier molecular flexibility index (Phi) is 3.44. The highest BCUT2D eigenvalue weighted by Crippen LogP contribution is 2.17. The highest BCUT2D eigenvalue weighted by atomic mass is 35.5. The zero-order valence-electron chi connectivity index (χ0n) is 9.22. The van der Waals surface area contributed by atoms with Crippen molar-refractivity contribution in [3.05, 3.63) is 52.3 Å². The summed E-state index contributed by atoms with van der Waals surface area (Å²) in [6, 6.07) is 3.76. The SMILES string of the molecule is Cc1nc(Cl)c(C=O)c(Cc2cccnc2)n1. The fourth-order valence-electron chi connectivity index (χ4n) is 1.55. The molecule has 17 heavy (non-hydrogen) atoms. The molecule has 0 amide bonds. The van der Waals surface area contributed by atoms with Gasteiger partial charge in [0.2, 0.25) is 0 Å². The van der Waals surface area contributed by atoms with Crippen molar-refractivity contribution in [3.63, 3.8) is 0 Å². The third kappa shape index (κ3) is 2.65. The second kappa shape index (κ2) is 5.01. The summed E-state index contributed by atoms with van der Waals surface area (Å²) in [6.07, 6.45) is 4.64. The van der Waals surface area contributed by atoms with E-state index in [4.69, 9.17) is 11.6 Å². The maximum absolute atomic E-state index is 11.0. The van der Waals surface area contributed by atoms with Crippen LogP contribution in [0.2, 0.25) is 5.15 Å². The first-order valence-corrected chi connectivity index (χ1v) is 5.45. The second-order valence-electron chi connectivity index (χ2n) is 3.58. The summed E-state index contributed by atoms with van der Waals surface area (Å²) in [5, 5.41) is 0.200. The molecule has 0 aliphatic heterocycles. The average Bonchev–Trinajstić information content (AvgIpc) is 2.30. The standard InChI is InChI=1S/C12H10ClN3O/c1-8-15-11(10(7-17)12(13)16-8)5-9-3-2-4-14-6-9/h2-4,6-7H,5H2,1H3. The highest BCUT2D eigenvalue weighted by molar-refractivity contribution is 6.31. The Labute approximate surface area is 104 Å². The molecule has 0 unspecified atom stereocenters. The lowest BCUT2D eigenvalue weighted by molar-refractivity contribution is 0.112. The van der Waals surface area contributed by atoms with E-state index < -0.39 is 0 Å². The number of rotatable bonds is 3. The number of pyridine rings is 1. The number of nitrogens with zero attached hydrogens (tertiary/aromatic N) is 3. The van der Waals surface area contributed by atoms with Crippen molar-refractivity contribution in [3.8, 4) is 0 Å². The molecule has 4 nitrogen and oxygen atoms in total. The predicted molar refractivity (Wildman–Crippen MR) is 64.2 cm³/mol. The van der Waals surface area contributed by atoms with Crippen molar-refractivity contribution in [2.24, 2.45) is 0 Å². The number of aldehydes is 1. The Bertz CT molecular complexity index is 543. The van der Waals surface area contributed by atoms with Crippen LogP contribution in [0, 0.1) is 6.92 Å². The molecule has 0 atom stereocenters. The van der Waals surface area contributed by atoms with Crippen molar-refractivity contribution < 1.29 is 4.79 Å². The third-order valence-corrected chi connectivity index (χ3v) is 2.59. The molecule has 0 bridgehead atoms. The lowest BCUT2D eigenvalue weighted by Gasteiger charge is -2.06. The number of aromatic nitrogens is 3. The molecule has 5 heteroatoms. The van der Waals surface area contributed by atoms with Gasteiger partial charge in [0.05, 0.1) is 11.3 Å². The van der Waals surface area contributed by atoms with Crippen LogP contribution < -0.4 is 0 Å². The maximum Gasteiger partial charge on any atom is 0.155 e. The van der Waals surface area contributed by atoms with Crippen LogP contribution in [-0.2, 0) is 6.42 Å². The number of carbonyl (C=O) groups excluding carboxylic acids is 1. The zero-order chi connectivity index (χ0) is 12.3. The van der Waals surface area contributed by atoms with E-state index in [1.165, 1.54) is 0 Å². The van der Waals surface area contributed by atoms with Gasteiger partial charge in [0.1, 0.15) is 11.0 Å². The van der Waals surface area contributed by atoms with Crippen LogP contribution in [0.25, 0.3) is 0 Å². The molecule has 0 spiro atoms. The van der Waals surface area contributed by atoms with Gasteiger partial charge in [0.25, 0.3) is 0 Å². The Morgan fingerprint density at radius 3 is 2.88 bits per heavy atom. The molecule has 2 aromatic rings. The van der Waals surface area contributed by atoms with Crippen molar-refractivity contribution in [1.82, 2.24) is 15.0 Å². The Morgan fingerprint density at radius 1 is 1.41 bits per heavy atom. The normalized spacial score (nSPS) is 10.2. The zero-order valence-corrected chi connectivity index (χ0v) is 9.98. The molecule has 0 aliphatic rings. The van der Waals surface area contributed by atoms with Crippen LogP contribution >= 0.6 is 11.6 Å². The molecule has 0 aromatic carbocycles. The number of hydrogen-bond donors (Lipinski definition) is 0. The molecule has 0 saturated carbocycles. The summed E-state index contributed by atoms with van der Waals surface area (Å²) in [5.74, 6) is 0.555. The van der Waals surface area contributed by atoms with E-state index in [-0.39, 0.29) is 5.15 Å². The van der Waals surface area contributed by atoms with Crippen LogP contribution in [0.15, 0.2) is 24.5 Å². The summed E-state index contributed by atoms with van der Waals surface area (Å²) in [7, 11) is 0. The molecule has 2 rings (SSSR count). The third-order valence-electron chi connectivity index (χ3n) is 2.30. The van der Waals surface area contributed by atoms with Crippen molar-refractivity contribution in [1.29, 1.82) is 0 Å². The van der Waals surface area contributed by atoms with E-state index >= 15 is 0 Å². The molecule has 2 aromatic heterocycles. The largest absolute Gasteiger partial charge is 0.298 e. The fourth-order valence-corrected chi connectivity index (χ4v) is 1.83. The van der Waals surface area contributed by atoms with E-state index in [0.717, 1.165) is 5.56 Å². The van der Waals surface area contributed by atoms with Gasteiger partial charge in [0, 0.05) is 18.8 Å². The van der Waals surface area contributed by atoms with Crippen molar-refractivity contribution in [2.75, 3.05) is 0 Å². The van der Waals surface area contributed by atoms with Crippen LogP contribution in [0.5, 0.6) is 0 Å². The van der Waals surface area contributed by atoms with Gasteiger partial charge in [-0.15, -0.1) is 0 Å². The minimum absolute atomic E-state index is 0.200. The highest BCUT2D eigenvalue weighted by Gasteiger charge is 2.11. The number of aryl methyl sites for hydroxylation is 1. The van der Waals surface area contributed by atoms with Crippen LogP contribution in [0.3, 0.4) is 0 Å². The van der Waals surface area contributed by atoms with Gasteiger partial charge in [-0.25, -0.2) is 9.97 Å². The van der Waals surface area contributed by atoms with Gasteiger partial charge in [-0.1, -0.05) is 17.7 Å². The maximum atomic E-state index is 11.0. The van der Waals surface area contributed by atoms with Crippen LogP contribution in [0.4, 0.5) is 0 Å². The summed E-state index contributed by atoms with van der Waals surface area (Å²) in [4.78, 5) is 23.2. The van der Waals surface area contributed by atoms with E-state index in [9.17, 15) is 4.79 Å². The smallest absolute Gasteiger partial charge is 0.155 e. The topological polar surface area (TPSA) is 55.7 Å². The minimum atomic E-state index is 0.200. The number of hydrogen-bond acceptors (Lipinski definition) is 4. The minimum Gasteiger partial charge on any atom is -0.298 e. The monoisotopic (exact) mass is 247 g/mol. The van der Waals surface area contributed by atoms with Gasteiger partial charge in [0.15, 0.2) is 6.29 Å². The van der Waals surface area contributed by atoms with Crippen LogP contribution in [-0.4, -0.2) is 21.2 Å². The van der Waals surface area contributed by atoms with Crippen LogP contribution in [0.1, 0.15) is 27.4 Å². The first kappa shape index (κ1) is 11.7. The van der Waals surface area contributed by atoms with Gasteiger partial charge < -0.3 is 0 Å². The first-order chi connectivity index (χ1) is 8.20. The molecule has 2 heterocycles. The summed E-state index contributed by atoms with van der Waals surface area (Å²) in [5.41, 5.74) is 1.95. The summed E-state index contributed by atoms with van der Waals surface area (Å²) >= 11 is 5.90. The lowest BCUT2D eigenvalue weighted by Crippen LogP contribution is -2.04. The molecule has 0 fully saturated rings. The molecular formula is C12H10ClN3O.